The van der Waals surface area contributed by atoms with E-state index in [1.807, 2.05) is 0 Å². The van der Waals surface area contributed by atoms with Gasteiger partial charge in [-0.15, -0.1) is 0 Å². The number of carbonyl (C=O) groups excluding carboxylic acids is 2. The van der Waals surface area contributed by atoms with Crippen molar-refractivity contribution in [3.8, 4) is 0 Å². The Morgan fingerprint density at radius 1 is 1.44 bits per heavy atom. The van der Waals surface area contributed by atoms with E-state index >= 15 is 0 Å². The van der Waals surface area contributed by atoms with Crippen LogP contribution in [0.5, 0.6) is 0 Å². The highest BCUT2D eigenvalue weighted by Gasteiger charge is 2.62. The van der Waals surface area contributed by atoms with Gasteiger partial charge in [0.25, 0.3) is 0 Å². The molecule has 2 atom stereocenters. The Balaban J connectivity index is 3.10. The summed E-state index contributed by atoms with van der Waals surface area (Å²) in [5.74, 6) is -2.15. The van der Waals surface area contributed by atoms with E-state index in [1.165, 1.54) is 0 Å². The fourth-order valence-corrected chi connectivity index (χ4v) is 2.43. The van der Waals surface area contributed by atoms with Crippen molar-refractivity contribution in [2.24, 2.45) is 5.92 Å². The minimum Gasteiger partial charge on any atom is -0.465 e. The molecule has 1 aliphatic rings. The Kier molecular flexibility index (Phi) is 3.81. The molecule has 0 aliphatic carbocycles. The van der Waals surface area contributed by atoms with E-state index in [0.29, 0.717) is 0 Å². The minimum atomic E-state index is -1.21. The molecule has 18 heavy (non-hydrogen) atoms. The van der Waals surface area contributed by atoms with Gasteiger partial charge in [0.1, 0.15) is 5.54 Å². The molecular formula is C12H20NO5+. The lowest BCUT2D eigenvalue weighted by Gasteiger charge is -2.37. The zero-order valence-corrected chi connectivity index (χ0v) is 11.2. The maximum Gasteiger partial charge on any atom is 0.521 e. The molecule has 6 nitrogen and oxygen atoms in total. The SMILES string of the molecule is CCOC(=O)C1CC[N+](C(=O)O)(C(C)(C)C)C1=O. The molecule has 1 rings (SSSR count). The molecule has 1 heterocycles. The summed E-state index contributed by atoms with van der Waals surface area (Å²) in [5.41, 5.74) is -0.788. The van der Waals surface area contributed by atoms with Gasteiger partial charge in [-0.25, -0.2) is 4.79 Å². The molecule has 2 amide bonds. The summed E-state index contributed by atoms with van der Waals surface area (Å²) in [5, 5.41) is 9.40. The topological polar surface area (TPSA) is 80.7 Å². The summed E-state index contributed by atoms with van der Waals surface area (Å²) >= 11 is 0. The molecule has 1 fully saturated rings. The van der Waals surface area contributed by atoms with Gasteiger partial charge >= 0.3 is 18.0 Å². The molecular weight excluding hydrogens is 238 g/mol. The number of rotatable bonds is 2. The number of hydrogen-bond donors (Lipinski definition) is 1. The van der Waals surface area contributed by atoms with Gasteiger partial charge in [-0.05, 0) is 27.7 Å². The number of likely N-dealkylation sites (tertiary alicyclic amines) is 1. The van der Waals surface area contributed by atoms with Crippen LogP contribution in [0.4, 0.5) is 4.79 Å². The van der Waals surface area contributed by atoms with E-state index < -0.39 is 33.9 Å². The molecule has 0 aromatic rings. The van der Waals surface area contributed by atoms with E-state index in [4.69, 9.17) is 4.74 Å². The van der Waals surface area contributed by atoms with Crippen molar-refractivity contribution < 1.29 is 28.7 Å². The normalized spacial score (nSPS) is 28.2. The first-order valence-corrected chi connectivity index (χ1v) is 6.01. The number of carboxylic acid groups (broad SMARTS) is 1. The number of carbonyl (C=O) groups is 3. The summed E-state index contributed by atoms with van der Waals surface area (Å²) in [6, 6.07) is 0. The molecule has 1 saturated heterocycles. The third-order valence-corrected chi connectivity index (χ3v) is 3.47. The van der Waals surface area contributed by atoms with E-state index in [0.717, 1.165) is 0 Å². The van der Waals surface area contributed by atoms with Gasteiger partial charge in [0.15, 0.2) is 5.92 Å². The first-order valence-electron chi connectivity index (χ1n) is 6.01. The van der Waals surface area contributed by atoms with Crippen molar-refractivity contribution in [3.63, 3.8) is 0 Å². The lowest BCUT2D eigenvalue weighted by atomic mass is 10.0. The highest BCUT2D eigenvalue weighted by molar-refractivity contribution is 5.99. The predicted octanol–water partition coefficient (Wildman–Crippen LogP) is 1.39. The molecule has 0 aromatic carbocycles. The summed E-state index contributed by atoms with van der Waals surface area (Å²) in [6.07, 6.45) is -0.986. The van der Waals surface area contributed by atoms with Crippen molar-refractivity contribution >= 4 is 18.0 Å². The molecule has 0 radical (unpaired) electrons. The van der Waals surface area contributed by atoms with Crippen LogP contribution in [0.1, 0.15) is 34.1 Å². The van der Waals surface area contributed by atoms with Gasteiger partial charge in [-0.2, -0.15) is 9.28 Å². The smallest absolute Gasteiger partial charge is 0.465 e. The second-order valence-corrected chi connectivity index (χ2v) is 5.42. The molecule has 2 unspecified atom stereocenters. The van der Waals surface area contributed by atoms with Crippen molar-refractivity contribution in [3.05, 3.63) is 0 Å². The van der Waals surface area contributed by atoms with Crippen LogP contribution in [0.2, 0.25) is 0 Å². The van der Waals surface area contributed by atoms with E-state index in [-0.39, 0.29) is 19.6 Å². The highest BCUT2D eigenvalue weighted by atomic mass is 16.5. The summed E-state index contributed by atoms with van der Waals surface area (Å²) in [4.78, 5) is 35.5. The van der Waals surface area contributed by atoms with Crippen molar-refractivity contribution in [2.75, 3.05) is 13.2 Å². The van der Waals surface area contributed by atoms with Crippen LogP contribution in [-0.4, -0.2) is 46.2 Å². The van der Waals surface area contributed by atoms with E-state index in [9.17, 15) is 19.5 Å². The molecule has 102 valence electrons. The van der Waals surface area contributed by atoms with Gasteiger partial charge in [0, 0.05) is 6.42 Å². The molecule has 6 heteroatoms. The van der Waals surface area contributed by atoms with Crippen LogP contribution in [0.15, 0.2) is 0 Å². The van der Waals surface area contributed by atoms with Crippen LogP contribution in [0, 0.1) is 5.92 Å². The number of esters is 1. The molecule has 0 saturated carbocycles. The van der Waals surface area contributed by atoms with E-state index in [1.54, 1.807) is 27.7 Å². The third-order valence-electron chi connectivity index (χ3n) is 3.47. The van der Waals surface area contributed by atoms with Gasteiger partial charge in [-0.1, -0.05) is 0 Å². The van der Waals surface area contributed by atoms with Gasteiger partial charge in [0.05, 0.1) is 13.2 Å². The Labute approximate surface area is 106 Å². The summed E-state index contributed by atoms with van der Waals surface area (Å²) in [6.45, 7) is 7.03. The highest BCUT2D eigenvalue weighted by Crippen LogP contribution is 2.36. The standard InChI is InChI=1S/C12H19NO5/c1-5-18-10(15)8-6-7-13(9(8)14,11(16)17)12(2,3)4/h8H,5-7H2,1-4H3/p+1. The van der Waals surface area contributed by atoms with E-state index in [2.05, 4.69) is 0 Å². The number of quaternary nitrogens is 1. The number of hydrogen-bond acceptors (Lipinski definition) is 4. The molecule has 0 spiro atoms. The summed E-state index contributed by atoms with van der Waals surface area (Å²) in [7, 11) is 0. The first kappa shape index (κ1) is 14.6. The molecule has 1 N–H and O–H groups in total. The van der Waals surface area contributed by atoms with Crippen LogP contribution in [-0.2, 0) is 14.3 Å². The van der Waals surface area contributed by atoms with Gasteiger partial charge < -0.3 is 9.84 Å². The Bertz CT molecular complexity index is 384. The Hall–Kier alpha value is -1.43. The average molecular weight is 258 g/mol. The molecule has 0 aromatic heterocycles. The first-order chi connectivity index (χ1) is 8.18. The van der Waals surface area contributed by atoms with Crippen LogP contribution in [0.3, 0.4) is 0 Å². The zero-order valence-electron chi connectivity index (χ0n) is 11.2. The van der Waals surface area contributed by atoms with Crippen LogP contribution >= 0.6 is 0 Å². The zero-order chi connectivity index (χ0) is 14.1. The van der Waals surface area contributed by atoms with Crippen molar-refractivity contribution in [1.29, 1.82) is 0 Å². The maximum absolute atomic E-state index is 12.3. The quantitative estimate of drug-likeness (QED) is 0.460. The second-order valence-electron chi connectivity index (χ2n) is 5.42. The van der Waals surface area contributed by atoms with Crippen molar-refractivity contribution in [2.45, 2.75) is 39.7 Å². The molecule has 0 bridgehead atoms. The van der Waals surface area contributed by atoms with Crippen LogP contribution in [0.25, 0.3) is 0 Å². The Morgan fingerprint density at radius 3 is 2.33 bits per heavy atom. The largest absolute Gasteiger partial charge is 0.521 e. The number of nitrogens with zero attached hydrogens (tertiary/aromatic N) is 1. The lowest BCUT2D eigenvalue weighted by molar-refractivity contribution is -0.823. The monoisotopic (exact) mass is 258 g/mol. The fraction of sp³-hybridized carbons (Fsp3) is 0.750. The fourth-order valence-electron chi connectivity index (χ4n) is 2.43. The number of imide groups is 1. The average Bonchev–Trinajstić information content (AvgIpc) is 2.56. The lowest BCUT2D eigenvalue weighted by Crippen LogP contribution is -2.64. The van der Waals surface area contributed by atoms with Crippen LogP contribution < -0.4 is 0 Å². The maximum atomic E-state index is 12.3. The van der Waals surface area contributed by atoms with Gasteiger partial charge in [0.2, 0.25) is 0 Å². The molecule has 1 aliphatic heterocycles. The second kappa shape index (κ2) is 4.68. The Morgan fingerprint density at radius 2 is 2.00 bits per heavy atom. The minimum absolute atomic E-state index is 0.126. The predicted molar refractivity (Wildman–Crippen MR) is 62.7 cm³/mol. The van der Waals surface area contributed by atoms with Crippen molar-refractivity contribution in [1.82, 2.24) is 0 Å². The number of amides is 2. The summed E-state index contributed by atoms with van der Waals surface area (Å²) < 4.78 is 4.11. The number of ether oxygens (including phenoxy) is 1. The van der Waals surface area contributed by atoms with Gasteiger partial charge in [-0.3, -0.25) is 4.79 Å². The third kappa shape index (κ3) is 2.01.